The topological polar surface area (TPSA) is 58.0 Å². The molecule has 0 saturated heterocycles. The van der Waals surface area contributed by atoms with E-state index in [-0.39, 0.29) is 5.60 Å². The van der Waals surface area contributed by atoms with E-state index in [2.05, 4.69) is 10.0 Å². The maximum absolute atomic E-state index is 7.95. The SMILES string of the molecule is COC(C)(C)CCN=[N+]=[N-]. The van der Waals surface area contributed by atoms with Crippen LogP contribution >= 0.6 is 0 Å². The lowest BCUT2D eigenvalue weighted by Crippen LogP contribution is -2.23. The molecule has 0 rings (SSSR count). The second kappa shape index (κ2) is 4.14. The van der Waals surface area contributed by atoms with Crippen LogP contribution < -0.4 is 0 Å². The average Bonchev–Trinajstić information content (AvgIpc) is 1.89. The molecule has 0 N–H and O–H groups in total. The molecular weight excluding hydrogens is 130 g/mol. The molecule has 0 atom stereocenters. The standard InChI is InChI=1S/C6H13N3O/c1-6(2,10-3)4-5-8-9-7/h4-5H2,1-3H3. The van der Waals surface area contributed by atoms with Crippen molar-refractivity contribution in [2.75, 3.05) is 13.7 Å². The van der Waals surface area contributed by atoms with Crippen molar-refractivity contribution in [2.24, 2.45) is 5.11 Å². The first-order valence-electron chi connectivity index (χ1n) is 3.18. The first-order valence-corrected chi connectivity index (χ1v) is 3.18. The Balaban J connectivity index is 3.56. The lowest BCUT2D eigenvalue weighted by atomic mass is 10.1. The van der Waals surface area contributed by atoms with Crippen LogP contribution in [0.4, 0.5) is 0 Å². The fourth-order valence-electron chi connectivity index (χ4n) is 0.466. The van der Waals surface area contributed by atoms with Gasteiger partial charge in [0.15, 0.2) is 0 Å². The molecular formula is C6H13N3O. The van der Waals surface area contributed by atoms with Crippen molar-refractivity contribution in [3.8, 4) is 0 Å². The van der Waals surface area contributed by atoms with E-state index in [1.165, 1.54) is 0 Å². The van der Waals surface area contributed by atoms with Gasteiger partial charge in [-0.25, -0.2) is 0 Å². The summed E-state index contributed by atoms with van der Waals surface area (Å²) in [6.07, 6.45) is 0.758. The van der Waals surface area contributed by atoms with Crippen LogP contribution in [0.3, 0.4) is 0 Å². The summed E-state index contributed by atoms with van der Waals surface area (Å²) in [5.74, 6) is 0. The molecule has 0 aliphatic carbocycles. The molecule has 4 heteroatoms. The fourth-order valence-corrected chi connectivity index (χ4v) is 0.466. The van der Waals surface area contributed by atoms with Gasteiger partial charge in [0.2, 0.25) is 0 Å². The van der Waals surface area contributed by atoms with Gasteiger partial charge in [0.05, 0.1) is 5.60 Å². The summed E-state index contributed by atoms with van der Waals surface area (Å²) in [6.45, 7) is 4.41. The summed E-state index contributed by atoms with van der Waals surface area (Å²) in [5.41, 5.74) is 7.78. The van der Waals surface area contributed by atoms with Crippen LogP contribution in [-0.4, -0.2) is 19.3 Å². The number of ether oxygens (including phenoxy) is 1. The van der Waals surface area contributed by atoms with Gasteiger partial charge in [-0.3, -0.25) is 0 Å². The Morgan fingerprint density at radius 1 is 1.60 bits per heavy atom. The third-order valence-corrected chi connectivity index (χ3v) is 1.43. The normalized spacial score (nSPS) is 10.7. The van der Waals surface area contributed by atoms with Gasteiger partial charge in [-0.05, 0) is 25.8 Å². The second-order valence-corrected chi connectivity index (χ2v) is 2.67. The van der Waals surface area contributed by atoms with Gasteiger partial charge in [0.25, 0.3) is 0 Å². The highest BCUT2D eigenvalue weighted by molar-refractivity contribution is 4.68. The van der Waals surface area contributed by atoms with Crippen LogP contribution in [0.2, 0.25) is 0 Å². The van der Waals surface area contributed by atoms with E-state index >= 15 is 0 Å². The van der Waals surface area contributed by atoms with Crippen molar-refractivity contribution in [3.63, 3.8) is 0 Å². The van der Waals surface area contributed by atoms with Crippen LogP contribution in [0.15, 0.2) is 5.11 Å². The van der Waals surface area contributed by atoms with E-state index in [1.807, 2.05) is 13.8 Å². The zero-order valence-electron chi connectivity index (χ0n) is 6.66. The van der Waals surface area contributed by atoms with Crippen LogP contribution in [0, 0.1) is 0 Å². The highest BCUT2D eigenvalue weighted by Crippen LogP contribution is 2.12. The summed E-state index contributed by atoms with van der Waals surface area (Å²) in [7, 11) is 1.65. The van der Waals surface area contributed by atoms with E-state index in [1.54, 1.807) is 7.11 Å². The van der Waals surface area contributed by atoms with Crippen molar-refractivity contribution in [3.05, 3.63) is 10.4 Å². The van der Waals surface area contributed by atoms with Gasteiger partial charge >= 0.3 is 0 Å². The minimum Gasteiger partial charge on any atom is -0.379 e. The third-order valence-electron chi connectivity index (χ3n) is 1.43. The maximum atomic E-state index is 7.95. The maximum Gasteiger partial charge on any atom is 0.0624 e. The molecule has 0 aromatic carbocycles. The molecule has 0 fully saturated rings. The molecule has 0 spiro atoms. The molecule has 4 nitrogen and oxygen atoms in total. The molecule has 0 radical (unpaired) electrons. The lowest BCUT2D eigenvalue weighted by molar-refractivity contribution is 0.0176. The van der Waals surface area contributed by atoms with Crippen LogP contribution in [0.5, 0.6) is 0 Å². The largest absolute Gasteiger partial charge is 0.379 e. The van der Waals surface area contributed by atoms with Gasteiger partial charge < -0.3 is 4.74 Å². The lowest BCUT2D eigenvalue weighted by Gasteiger charge is -2.21. The molecule has 0 unspecified atom stereocenters. The highest BCUT2D eigenvalue weighted by atomic mass is 16.5. The van der Waals surface area contributed by atoms with E-state index in [4.69, 9.17) is 10.3 Å². The summed E-state index contributed by atoms with van der Waals surface area (Å²) in [6, 6.07) is 0. The van der Waals surface area contributed by atoms with E-state index in [9.17, 15) is 0 Å². The van der Waals surface area contributed by atoms with Gasteiger partial charge in [-0.1, -0.05) is 5.11 Å². The van der Waals surface area contributed by atoms with Gasteiger partial charge in [-0.2, -0.15) is 0 Å². The zero-order valence-corrected chi connectivity index (χ0v) is 6.66. The molecule has 0 heterocycles. The van der Waals surface area contributed by atoms with Gasteiger partial charge in [-0.15, -0.1) is 0 Å². The molecule has 0 saturated carbocycles. The smallest absolute Gasteiger partial charge is 0.0624 e. The van der Waals surface area contributed by atoms with E-state index in [0.717, 1.165) is 6.42 Å². The quantitative estimate of drug-likeness (QED) is 0.338. The Morgan fingerprint density at radius 3 is 2.60 bits per heavy atom. The first-order chi connectivity index (χ1) is 4.62. The van der Waals surface area contributed by atoms with Crippen molar-refractivity contribution < 1.29 is 4.74 Å². The highest BCUT2D eigenvalue weighted by Gasteiger charge is 2.14. The monoisotopic (exact) mass is 143 g/mol. The Morgan fingerprint density at radius 2 is 2.20 bits per heavy atom. The number of hydrogen-bond acceptors (Lipinski definition) is 2. The van der Waals surface area contributed by atoms with Crippen LogP contribution in [0.25, 0.3) is 10.4 Å². The second-order valence-electron chi connectivity index (χ2n) is 2.67. The Bertz CT molecular complexity index is 138. The number of hydrogen-bond donors (Lipinski definition) is 0. The van der Waals surface area contributed by atoms with Crippen molar-refractivity contribution in [1.29, 1.82) is 0 Å². The van der Waals surface area contributed by atoms with Gasteiger partial charge in [0, 0.05) is 18.6 Å². The Labute approximate surface area is 60.8 Å². The number of nitrogens with zero attached hydrogens (tertiary/aromatic N) is 3. The summed E-state index contributed by atoms with van der Waals surface area (Å²) in [5, 5.41) is 3.41. The molecule has 0 aliphatic heterocycles. The van der Waals surface area contributed by atoms with Crippen molar-refractivity contribution >= 4 is 0 Å². The summed E-state index contributed by atoms with van der Waals surface area (Å²) >= 11 is 0. The predicted octanol–water partition coefficient (Wildman–Crippen LogP) is 2.11. The minimum atomic E-state index is -0.172. The number of azide groups is 1. The minimum absolute atomic E-state index is 0.172. The van der Waals surface area contributed by atoms with E-state index < -0.39 is 0 Å². The molecule has 10 heavy (non-hydrogen) atoms. The van der Waals surface area contributed by atoms with Crippen molar-refractivity contribution in [1.82, 2.24) is 0 Å². The van der Waals surface area contributed by atoms with Crippen LogP contribution in [-0.2, 0) is 4.74 Å². The first kappa shape index (κ1) is 9.27. The molecule has 0 aromatic rings. The average molecular weight is 143 g/mol. The number of methoxy groups -OCH3 is 1. The summed E-state index contributed by atoms with van der Waals surface area (Å²) < 4.78 is 5.10. The van der Waals surface area contributed by atoms with Crippen LogP contribution in [0.1, 0.15) is 20.3 Å². The van der Waals surface area contributed by atoms with Gasteiger partial charge in [0.1, 0.15) is 0 Å². The Hall–Kier alpha value is -0.730. The summed E-state index contributed by atoms with van der Waals surface area (Å²) in [4.78, 5) is 2.64. The predicted molar refractivity (Wildman–Crippen MR) is 39.7 cm³/mol. The van der Waals surface area contributed by atoms with E-state index in [0.29, 0.717) is 6.54 Å². The molecule has 0 aliphatic rings. The molecule has 0 amide bonds. The van der Waals surface area contributed by atoms with Crippen molar-refractivity contribution in [2.45, 2.75) is 25.9 Å². The molecule has 0 bridgehead atoms. The molecule has 0 aromatic heterocycles. The fraction of sp³-hybridized carbons (Fsp3) is 1.00. The zero-order chi connectivity index (χ0) is 8.04. The number of rotatable bonds is 4. The Kier molecular flexibility index (Phi) is 3.84. The molecule has 58 valence electrons. The third kappa shape index (κ3) is 4.18.